The fraction of sp³-hybridized carbons (Fsp3) is 0.333. The van der Waals surface area contributed by atoms with Crippen LogP contribution in [0, 0.1) is 0 Å². The van der Waals surface area contributed by atoms with E-state index in [0.717, 1.165) is 27.3 Å². The van der Waals surface area contributed by atoms with Crippen molar-refractivity contribution in [2.45, 2.75) is 23.1 Å². The Kier molecular flexibility index (Phi) is 5.56. The molecule has 0 N–H and O–H groups in total. The summed E-state index contributed by atoms with van der Waals surface area (Å²) in [6.45, 7) is 0.291. The molecule has 4 rings (SSSR count). The van der Waals surface area contributed by atoms with Gasteiger partial charge in [0.2, 0.25) is 0 Å². The van der Waals surface area contributed by atoms with Gasteiger partial charge < -0.3 is 9.30 Å². The van der Waals surface area contributed by atoms with Gasteiger partial charge in [-0.05, 0) is 43.2 Å². The van der Waals surface area contributed by atoms with Crippen LogP contribution in [0.2, 0.25) is 4.34 Å². The second kappa shape index (κ2) is 7.84. The standard InChI is InChI=1S/C18H18ClN3O4S3/c1-21-12-6-5-11(26-2)10-14(12)27-18(21)20-17(23)13-4-3-9-22(13)29(24,25)16-8-7-15(19)28-16/h5-8,10,13H,3-4,9H2,1-2H3. The normalized spacial score (nSPS) is 18.6. The van der Waals surface area contributed by atoms with Gasteiger partial charge in [0.05, 0.1) is 21.7 Å². The summed E-state index contributed by atoms with van der Waals surface area (Å²) in [7, 11) is -0.357. The SMILES string of the molecule is COc1ccc2c(c1)sc(=NC(=O)C1CCCN1S(=O)(=O)c1ccc(Cl)s1)n2C. The van der Waals surface area contributed by atoms with Crippen molar-refractivity contribution in [1.82, 2.24) is 8.87 Å². The number of sulfonamides is 1. The molecule has 11 heteroatoms. The summed E-state index contributed by atoms with van der Waals surface area (Å²) >= 11 is 8.25. The van der Waals surface area contributed by atoms with Crippen molar-refractivity contribution in [1.29, 1.82) is 0 Å². The van der Waals surface area contributed by atoms with Gasteiger partial charge >= 0.3 is 0 Å². The number of thiophene rings is 1. The average Bonchev–Trinajstić information content (AvgIpc) is 3.41. The fourth-order valence-electron chi connectivity index (χ4n) is 3.34. The van der Waals surface area contributed by atoms with Crippen LogP contribution >= 0.6 is 34.3 Å². The maximum absolute atomic E-state index is 13.0. The molecule has 0 bridgehead atoms. The van der Waals surface area contributed by atoms with Crippen molar-refractivity contribution in [3.05, 3.63) is 39.5 Å². The maximum atomic E-state index is 13.0. The summed E-state index contributed by atoms with van der Waals surface area (Å²) in [6.07, 6.45) is 1.06. The minimum absolute atomic E-state index is 0.140. The number of ether oxygens (including phenoxy) is 1. The number of aromatic nitrogens is 1. The maximum Gasteiger partial charge on any atom is 0.266 e. The zero-order valence-corrected chi connectivity index (χ0v) is 18.9. The Balaban J connectivity index is 1.69. The molecule has 1 aliphatic rings. The van der Waals surface area contributed by atoms with Gasteiger partial charge in [0.25, 0.3) is 15.9 Å². The lowest BCUT2D eigenvalue weighted by atomic mass is 10.2. The van der Waals surface area contributed by atoms with E-state index in [4.69, 9.17) is 16.3 Å². The Hall–Kier alpha value is -1.72. The number of carbonyl (C=O) groups is 1. The van der Waals surface area contributed by atoms with Gasteiger partial charge in [-0.25, -0.2) is 8.42 Å². The molecule has 0 aliphatic carbocycles. The molecule has 0 radical (unpaired) electrons. The largest absolute Gasteiger partial charge is 0.497 e. The van der Waals surface area contributed by atoms with Gasteiger partial charge in [-0.15, -0.1) is 11.3 Å². The van der Waals surface area contributed by atoms with Crippen LogP contribution in [0.25, 0.3) is 10.2 Å². The Morgan fingerprint density at radius 2 is 2.07 bits per heavy atom. The molecule has 0 saturated carbocycles. The lowest BCUT2D eigenvalue weighted by molar-refractivity contribution is -0.121. The van der Waals surface area contributed by atoms with E-state index in [1.807, 2.05) is 29.8 Å². The average molecular weight is 472 g/mol. The van der Waals surface area contributed by atoms with E-state index in [1.165, 1.54) is 21.7 Å². The van der Waals surface area contributed by atoms with Crippen LogP contribution in [-0.4, -0.2) is 42.9 Å². The second-order valence-corrected chi connectivity index (χ2v) is 11.4. The first kappa shape index (κ1) is 20.5. The number of carbonyl (C=O) groups excluding carboxylic acids is 1. The summed E-state index contributed by atoms with van der Waals surface area (Å²) in [4.78, 5) is 17.7. The van der Waals surface area contributed by atoms with Crippen molar-refractivity contribution in [2.75, 3.05) is 13.7 Å². The Morgan fingerprint density at radius 3 is 2.76 bits per heavy atom. The lowest BCUT2D eigenvalue weighted by Crippen LogP contribution is -2.40. The first-order valence-corrected chi connectivity index (χ1v) is 12.3. The highest BCUT2D eigenvalue weighted by Gasteiger charge is 2.40. The highest BCUT2D eigenvalue weighted by molar-refractivity contribution is 7.91. The Labute approximate surface area is 180 Å². The van der Waals surface area contributed by atoms with Gasteiger partial charge in [0.1, 0.15) is 16.0 Å². The molecule has 0 spiro atoms. The number of fused-ring (bicyclic) bond motifs is 1. The van der Waals surface area contributed by atoms with Gasteiger partial charge in [-0.1, -0.05) is 22.9 Å². The van der Waals surface area contributed by atoms with Crippen molar-refractivity contribution in [2.24, 2.45) is 12.0 Å². The quantitative estimate of drug-likeness (QED) is 0.585. The number of benzene rings is 1. The first-order chi connectivity index (χ1) is 13.8. The molecule has 154 valence electrons. The van der Waals surface area contributed by atoms with E-state index < -0.39 is 22.0 Å². The zero-order chi connectivity index (χ0) is 20.8. The number of aryl methyl sites for hydroxylation is 1. The molecule has 3 heterocycles. The second-order valence-electron chi connectivity index (χ2n) is 6.56. The molecule has 1 saturated heterocycles. The van der Waals surface area contributed by atoms with Gasteiger partial charge in [-0.2, -0.15) is 9.30 Å². The summed E-state index contributed by atoms with van der Waals surface area (Å²) in [5, 5.41) is 0. The van der Waals surface area contributed by atoms with E-state index in [-0.39, 0.29) is 4.21 Å². The number of amides is 1. The minimum Gasteiger partial charge on any atom is -0.497 e. The molecular weight excluding hydrogens is 454 g/mol. The molecule has 1 atom stereocenters. The van der Waals surface area contributed by atoms with Crippen LogP contribution in [0.1, 0.15) is 12.8 Å². The van der Waals surface area contributed by atoms with Crippen LogP contribution in [-0.2, 0) is 21.9 Å². The number of methoxy groups -OCH3 is 1. The molecule has 1 unspecified atom stereocenters. The van der Waals surface area contributed by atoms with E-state index in [1.54, 1.807) is 13.2 Å². The van der Waals surface area contributed by atoms with E-state index in [2.05, 4.69) is 4.99 Å². The van der Waals surface area contributed by atoms with Crippen LogP contribution in [0.3, 0.4) is 0 Å². The van der Waals surface area contributed by atoms with Crippen LogP contribution in [0.4, 0.5) is 0 Å². The van der Waals surface area contributed by atoms with Crippen LogP contribution in [0.15, 0.2) is 39.5 Å². The molecule has 1 fully saturated rings. The number of hydrogen-bond acceptors (Lipinski definition) is 6. The molecule has 7 nitrogen and oxygen atoms in total. The van der Waals surface area contributed by atoms with Crippen LogP contribution < -0.4 is 9.54 Å². The highest BCUT2D eigenvalue weighted by atomic mass is 35.5. The van der Waals surface area contributed by atoms with Crippen molar-refractivity contribution in [3.8, 4) is 5.75 Å². The molecule has 3 aromatic rings. The van der Waals surface area contributed by atoms with E-state index in [0.29, 0.717) is 28.5 Å². The third-order valence-corrected chi connectivity index (χ3v) is 9.52. The van der Waals surface area contributed by atoms with Gasteiger partial charge in [0.15, 0.2) is 4.80 Å². The number of rotatable bonds is 4. The monoisotopic (exact) mass is 471 g/mol. The minimum atomic E-state index is -3.78. The Morgan fingerprint density at radius 1 is 1.28 bits per heavy atom. The van der Waals surface area contributed by atoms with E-state index in [9.17, 15) is 13.2 Å². The fourth-order valence-corrected chi connectivity index (χ4v) is 7.66. The Bertz CT molecular complexity index is 1260. The number of halogens is 1. The molecule has 1 aromatic carbocycles. The number of nitrogens with zero attached hydrogens (tertiary/aromatic N) is 3. The smallest absolute Gasteiger partial charge is 0.266 e. The summed E-state index contributed by atoms with van der Waals surface area (Å²) in [5.74, 6) is 0.266. The molecular formula is C18H18ClN3O4S3. The predicted molar refractivity (Wildman–Crippen MR) is 114 cm³/mol. The highest BCUT2D eigenvalue weighted by Crippen LogP contribution is 2.32. The zero-order valence-electron chi connectivity index (χ0n) is 15.7. The first-order valence-electron chi connectivity index (χ1n) is 8.80. The van der Waals surface area contributed by atoms with Crippen molar-refractivity contribution < 1.29 is 17.9 Å². The molecule has 1 aliphatic heterocycles. The molecule has 1 amide bonds. The summed E-state index contributed by atoms with van der Waals surface area (Å²) in [6, 6.07) is 7.84. The summed E-state index contributed by atoms with van der Waals surface area (Å²) < 4.78 is 35.7. The molecule has 2 aromatic heterocycles. The van der Waals surface area contributed by atoms with E-state index >= 15 is 0 Å². The number of thiazole rings is 1. The van der Waals surface area contributed by atoms with Crippen molar-refractivity contribution >= 4 is 60.4 Å². The molecule has 29 heavy (non-hydrogen) atoms. The topological polar surface area (TPSA) is 81.0 Å². The van der Waals surface area contributed by atoms with Crippen molar-refractivity contribution in [3.63, 3.8) is 0 Å². The summed E-state index contributed by atoms with van der Waals surface area (Å²) in [5.41, 5.74) is 0.923. The number of hydrogen-bond donors (Lipinski definition) is 0. The third kappa shape index (κ3) is 3.75. The predicted octanol–water partition coefficient (Wildman–Crippen LogP) is 3.24. The van der Waals surface area contributed by atoms with Gasteiger partial charge in [0, 0.05) is 13.6 Å². The third-order valence-electron chi connectivity index (χ3n) is 4.82. The van der Waals surface area contributed by atoms with Crippen LogP contribution in [0.5, 0.6) is 5.75 Å². The van der Waals surface area contributed by atoms with Gasteiger partial charge in [-0.3, -0.25) is 4.79 Å². The lowest BCUT2D eigenvalue weighted by Gasteiger charge is -2.20.